The van der Waals surface area contributed by atoms with Crippen LogP contribution in [0.2, 0.25) is 0 Å². The standard InChI is InChI=1S/C18H26N4O/c1-5-12(2)17(19)18(23)20-11-16-13(3)21-22(14(16)4)15-9-7-6-8-10-15/h6-10,12,17H,5,11,19H2,1-4H3,(H,20,23). The van der Waals surface area contributed by atoms with Crippen molar-refractivity contribution in [1.29, 1.82) is 0 Å². The fourth-order valence-electron chi connectivity index (χ4n) is 2.56. The molecule has 5 heteroatoms. The smallest absolute Gasteiger partial charge is 0.237 e. The van der Waals surface area contributed by atoms with Crippen LogP contribution in [0.5, 0.6) is 0 Å². The molecular formula is C18H26N4O. The molecule has 1 aromatic carbocycles. The lowest BCUT2D eigenvalue weighted by molar-refractivity contribution is -0.123. The minimum Gasteiger partial charge on any atom is -0.351 e. The van der Waals surface area contributed by atoms with E-state index >= 15 is 0 Å². The summed E-state index contributed by atoms with van der Waals surface area (Å²) < 4.78 is 1.91. The molecule has 0 spiro atoms. The van der Waals surface area contributed by atoms with E-state index in [1.165, 1.54) is 0 Å². The van der Waals surface area contributed by atoms with E-state index in [1.807, 2.05) is 62.7 Å². The highest BCUT2D eigenvalue weighted by atomic mass is 16.2. The van der Waals surface area contributed by atoms with Crippen LogP contribution in [0.1, 0.15) is 37.2 Å². The zero-order valence-corrected chi connectivity index (χ0v) is 14.3. The third-order valence-corrected chi connectivity index (χ3v) is 4.44. The second kappa shape index (κ2) is 7.42. The van der Waals surface area contributed by atoms with Crippen LogP contribution < -0.4 is 11.1 Å². The van der Waals surface area contributed by atoms with Gasteiger partial charge in [0.15, 0.2) is 0 Å². The van der Waals surface area contributed by atoms with Crippen LogP contribution in [-0.4, -0.2) is 21.7 Å². The van der Waals surface area contributed by atoms with Crippen LogP contribution in [-0.2, 0) is 11.3 Å². The predicted octanol–water partition coefficient (Wildman–Crippen LogP) is 2.48. The van der Waals surface area contributed by atoms with E-state index in [4.69, 9.17) is 5.73 Å². The van der Waals surface area contributed by atoms with Gasteiger partial charge in [0.05, 0.1) is 17.4 Å². The maximum atomic E-state index is 12.2. The maximum absolute atomic E-state index is 12.2. The first-order valence-corrected chi connectivity index (χ1v) is 8.09. The van der Waals surface area contributed by atoms with Crippen molar-refractivity contribution in [2.24, 2.45) is 11.7 Å². The second-order valence-electron chi connectivity index (χ2n) is 6.03. The van der Waals surface area contributed by atoms with Crippen LogP contribution in [0, 0.1) is 19.8 Å². The van der Waals surface area contributed by atoms with Crippen LogP contribution >= 0.6 is 0 Å². The van der Waals surface area contributed by atoms with E-state index in [-0.39, 0.29) is 11.8 Å². The van der Waals surface area contributed by atoms with Gasteiger partial charge in [-0.2, -0.15) is 5.10 Å². The van der Waals surface area contributed by atoms with Crippen molar-refractivity contribution in [3.63, 3.8) is 0 Å². The molecule has 0 aliphatic carbocycles. The molecule has 23 heavy (non-hydrogen) atoms. The van der Waals surface area contributed by atoms with Crippen molar-refractivity contribution >= 4 is 5.91 Å². The molecule has 2 unspecified atom stereocenters. The fraction of sp³-hybridized carbons (Fsp3) is 0.444. The number of aromatic nitrogens is 2. The lowest BCUT2D eigenvalue weighted by atomic mass is 9.99. The van der Waals surface area contributed by atoms with Crippen molar-refractivity contribution in [2.75, 3.05) is 0 Å². The molecule has 0 saturated heterocycles. The Morgan fingerprint density at radius 2 is 1.96 bits per heavy atom. The number of para-hydroxylation sites is 1. The Kier molecular flexibility index (Phi) is 5.55. The number of amides is 1. The molecule has 5 nitrogen and oxygen atoms in total. The Balaban J connectivity index is 2.13. The number of hydrogen-bond acceptors (Lipinski definition) is 3. The topological polar surface area (TPSA) is 72.9 Å². The van der Waals surface area contributed by atoms with Gasteiger partial charge in [-0.25, -0.2) is 4.68 Å². The van der Waals surface area contributed by atoms with Gasteiger partial charge in [-0.1, -0.05) is 38.5 Å². The summed E-state index contributed by atoms with van der Waals surface area (Å²) in [5.41, 5.74) is 9.98. The Morgan fingerprint density at radius 1 is 1.30 bits per heavy atom. The molecule has 2 atom stereocenters. The molecule has 1 aromatic heterocycles. The molecule has 0 aliphatic heterocycles. The van der Waals surface area contributed by atoms with Crippen molar-refractivity contribution in [1.82, 2.24) is 15.1 Å². The molecule has 2 aromatic rings. The number of rotatable bonds is 6. The molecule has 0 aliphatic rings. The van der Waals surface area contributed by atoms with E-state index in [0.717, 1.165) is 29.1 Å². The summed E-state index contributed by atoms with van der Waals surface area (Å²) in [6, 6.07) is 9.51. The molecule has 1 amide bonds. The fourth-order valence-corrected chi connectivity index (χ4v) is 2.56. The first kappa shape index (κ1) is 17.2. The highest BCUT2D eigenvalue weighted by Crippen LogP contribution is 2.17. The van der Waals surface area contributed by atoms with E-state index in [2.05, 4.69) is 10.4 Å². The first-order chi connectivity index (χ1) is 11.0. The largest absolute Gasteiger partial charge is 0.351 e. The average Bonchev–Trinajstić information content (AvgIpc) is 2.86. The second-order valence-corrected chi connectivity index (χ2v) is 6.03. The molecule has 0 radical (unpaired) electrons. The van der Waals surface area contributed by atoms with Gasteiger partial charge in [0.1, 0.15) is 0 Å². The lowest BCUT2D eigenvalue weighted by Crippen LogP contribution is -2.44. The van der Waals surface area contributed by atoms with Crippen molar-refractivity contribution in [2.45, 2.75) is 46.7 Å². The summed E-state index contributed by atoms with van der Waals surface area (Å²) >= 11 is 0. The predicted molar refractivity (Wildman–Crippen MR) is 92.3 cm³/mol. The van der Waals surface area contributed by atoms with Crippen LogP contribution in [0.15, 0.2) is 30.3 Å². The number of benzene rings is 1. The Hall–Kier alpha value is -2.14. The van der Waals surface area contributed by atoms with Gasteiger partial charge in [-0.05, 0) is 31.9 Å². The van der Waals surface area contributed by atoms with E-state index in [1.54, 1.807) is 0 Å². The molecule has 3 N–H and O–H groups in total. The minimum absolute atomic E-state index is 0.106. The first-order valence-electron chi connectivity index (χ1n) is 8.09. The Morgan fingerprint density at radius 3 is 2.57 bits per heavy atom. The zero-order chi connectivity index (χ0) is 17.0. The van der Waals surface area contributed by atoms with Crippen LogP contribution in [0.25, 0.3) is 5.69 Å². The summed E-state index contributed by atoms with van der Waals surface area (Å²) in [5, 5.41) is 7.53. The molecule has 2 rings (SSSR count). The monoisotopic (exact) mass is 314 g/mol. The molecule has 0 fully saturated rings. The maximum Gasteiger partial charge on any atom is 0.237 e. The van der Waals surface area contributed by atoms with E-state index in [0.29, 0.717) is 6.54 Å². The third kappa shape index (κ3) is 3.79. The number of carbonyl (C=O) groups is 1. The highest BCUT2D eigenvalue weighted by Gasteiger charge is 2.20. The summed E-state index contributed by atoms with van der Waals surface area (Å²) in [6.07, 6.45) is 0.887. The SMILES string of the molecule is CCC(C)C(N)C(=O)NCc1c(C)nn(-c2ccccc2)c1C. The van der Waals surface area contributed by atoms with Gasteiger partial charge in [-0.3, -0.25) is 4.79 Å². The van der Waals surface area contributed by atoms with Crippen molar-refractivity contribution < 1.29 is 4.79 Å². The number of hydrogen-bond donors (Lipinski definition) is 2. The van der Waals surface area contributed by atoms with Gasteiger partial charge < -0.3 is 11.1 Å². The number of nitrogens with zero attached hydrogens (tertiary/aromatic N) is 2. The van der Waals surface area contributed by atoms with E-state index < -0.39 is 6.04 Å². The summed E-state index contributed by atoms with van der Waals surface area (Å²) in [4.78, 5) is 12.2. The molecule has 0 bridgehead atoms. The molecular weight excluding hydrogens is 288 g/mol. The van der Waals surface area contributed by atoms with Crippen molar-refractivity contribution in [3.8, 4) is 5.69 Å². The quantitative estimate of drug-likeness (QED) is 0.860. The van der Waals surface area contributed by atoms with Crippen LogP contribution in [0.3, 0.4) is 0 Å². The highest BCUT2D eigenvalue weighted by molar-refractivity contribution is 5.81. The Bertz CT molecular complexity index is 663. The number of carbonyl (C=O) groups excluding carboxylic acids is 1. The number of nitrogens with two attached hydrogens (primary N) is 1. The number of aryl methyl sites for hydroxylation is 1. The van der Waals surface area contributed by atoms with Gasteiger partial charge in [0.25, 0.3) is 0 Å². The zero-order valence-electron chi connectivity index (χ0n) is 14.3. The van der Waals surface area contributed by atoms with Gasteiger partial charge >= 0.3 is 0 Å². The average molecular weight is 314 g/mol. The van der Waals surface area contributed by atoms with E-state index in [9.17, 15) is 4.79 Å². The van der Waals surface area contributed by atoms with Gasteiger partial charge in [0, 0.05) is 17.8 Å². The normalized spacial score (nSPS) is 13.6. The molecule has 1 heterocycles. The Labute approximate surface area is 137 Å². The van der Waals surface area contributed by atoms with Gasteiger partial charge in [0.2, 0.25) is 5.91 Å². The lowest BCUT2D eigenvalue weighted by Gasteiger charge is -2.17. The molecule has 124 valence electrons. The van der Waals surface area contributed by atoms with Gasteiger partial charge in [-0.15, -0.1) is 0 Å². The van der Waals surface area contributed by atoms with Crippen LogP contribution in [0.4, 0.5) is 0 Å². The third-order valence-electron chi connectivity index (χ3n) is 4.44. The number of nitrogens with one attached hydrogen (secondary N) is 1. The summed E-state index contributed by atoms with van der Waals surface area (Å²) in [6.45, 7) is 8.46. The summed E-state index contributed by atoms with van der Waals surface area (Å²) in [7, 11) is 0. The van der Waals surface area contributed by atoms with Crippen molar-refractivity contribution in [3.05, 3.63) is 47.3 Å². The molecule has 0 saturated carbocycles. The summed E-state index contributed by atoms with van der Waals surface area (Å²) in [5.74, 6) is 0.0647. The minimum atomic E-state index is -0.468.